The highest BCUT2D eigenvalue weighted by atomic mass is 16.5. The second kappa shape index (κ2) is 11.9. The van der Waals surface area contributed by atoms with Crippen molar-refractivity contribution in [3.63, 3.8) is 0 Å². The fraction of sp³-hybridized carbons (Fsp3) is 0.207. The van der Waals surface area contributed by atoms with Crippen LogP contribution in [0.3, 0.4) is 0 Å². The summed E-state index contributed by atoms with van der Waals surface area (Å²) in [5.74, 6) is 0.865. The van der Waals surface area contributed by atoms with E-state index in [1.165, 1.54) is 0 Å². The van der Waals surface area contributed by atoms with E-state index in [4.69, 9.17) is 14.2 Å². The highest BCUT2D eigenvalue weighted by Gasteiger charge is 2.18. The number of carbonyl (C=O) groups is 2. The molecule has 1 amide bonds. The van der Waals surface area contributed by atoms with Crippen molar-refractivity contribution in [3.8, 4) is 28.4 Å². The Morgan fingerprint density at radius 1 is 0.865 bits per heavy atom. The molecule has 4 aromatic rings. The van der Waals surface area contributed by atoms with Gasteiger partial charge in [-0.1, -0.05) is 12.1 Å². The number of hydrogen-bond acceptors (Lipinski definition) is 6. The van der Waals surface area contributed by atoms with Crippen molar-refractivity contribution >= 4 is 11.9 Å². The third kappa shape index (κ3) is 6.16. The van der Waals surface area contributed by atoms with Crippen molar-refractivity contribution in [2.24, 2.45) is 0 Å². The summed E-state index contributed by atoms with van der Waals surface area (Å²) in [5.41, 5.74) is 4.11. The van der Waals surface area contributed by atoms with Gasteiger partial charge in [-0.25, -0.2) is 9.48 Å². The number of hydrogen-bond donors (Lipinski definition) is 1. The summed E-state index contributed by atoms with van der Waals surface area (Å²) in [6.07, 6.45) is 0.711. The Labute approximate surface area is 215 Å². The molecule has 0 saturated carbocycles. The van der Waals surface area contributed by atoms with Crippen LogP contribution in [0.25, 0.3) is 16.9 Å². The molecule has 8 heteroatoms. The standard InChI is InChI=1S/C29H29N3O5/c1-4-37-29(34)26-19-27(21-9-15-25(36-3)16-10-21)32(31-26)23-11-7-22(8-12-23)28(33)30-18-17-20-5-13-24(35-2)14-6-20/h5-16,19H,4,17-18H2,1-3H3,(H,30,33). The third-order valence-corrected chi connectivity index (χ3v) is 5.81. The van der Waals surface area contributed by atoms with Crippen LogP contribution >= 0.6 is 0 Å². The largest absolute Gasteiger partial charge is 0.497 e. The molecular weight excluding hydrogens is 470 g/mol. The van der Waals surface area contributed by atoms with Crippen LogP contribution in [0.15, 0.2) is 78.9 Å². The van der Waals surface area contributed by atoms with Crippen LogP contribution in [-0.4, -0.2) is 49.0 Å². The van der Waals surface area contributed by atoms with Gasteiger partial charge in [-0.3, -0.25) is 4.79 Å². The van der Waals surface area contributed by atoms with Crippen LogP contribution in [-0.2, 0) is 11.2 Å². The molecule has 0 radical (unpaired) electrons. The second-order valence-corrected chi connectivity index (χ2v) is 8.18. The number of nitrogens with zero attached hydrogens (tertiary/aromatic N) is 2. The molecule has 0 aliphatic rings. The van der Waals surface area contributed by atoms with Crippen LogP contribution in [0.4, 0.5) is 0 Å². The predicted octanol–water partition coefficient (Wildman–Crippen LogP) is 4.71. The molecule has 0 aliphatic heterocycles. The minimum absolute atomic E-state index is 0.164. The lowest BCUT2D eigenvalue weighted by atomic mass is 10.1. The molecule has 1 heterocycles. The zero-order valence-corrected chi connectivity index (χ0v) is 21.1. The number of carbonyl (C=O) groups excluding carboxylic acids is 2. The Kier molecular flexibility index (Phi) is 8.20. The number of ether oxygens (including phenoxy) is 3. The van der Waals surface area contributed by atoms with Gasteiger partial charge in [0, 0.05) is 17.7 Å². The first kappa shape index (κ1) is 25.5. The van der Waals surface area contributed by atoms with E-state index in [9.17, 15) is 9.59 Å². The maximum atomic E-state index is 12.7. The monoisotopic (exact) mass is 499 g/mol. The summed E-state index contributed by atoms with van der Waals surface area (Å²) >= 11 is 0. The number of rotatable bonds is 10. The number of amides is 1. The molecule has 0 saturated heterocycles. The molecule has 8 nitrogen and oxygen atoms in total. The van der Waals surface area contributed by atoms with Crippen molar-refractivity contribution in [2.75, 3.05) is 27.4 Å². The summed E-state index contributed by atoms with van der Waals surface area (Å²) in [6.45, 7) is 2.52. The Morgan fingerprint density at radius 2 is 1.49 bits per heavy atom. The van der Waals surface area contributed by atoms with Gasteiger partial charge in [-0.2, -0.15) is 5.10 Å². The second-order valence-electron chi connectivity index (χ2n) is 8.18. The summed E-state index contributed by atoms with van der Waals surface area (Å²) in [4.78, 5) is 25.0. The van der Waals surface area contributed by atoms with Crippen LogP contribution in [0.5, 0.6) is 11.5 Å². The third-order valence-electron chi connectivity index (χ3n) is 5.81. The number of methoxy groups -OCH3 is 2. The fourth-order valence-corrected chi connectivity index (χ4v) is 3.82. The van der Waals surface area contributed by atoms with Gasteiger partial charge in [0.25, 0.3) is 5.91 Å². The van der Waals surface area contributed by atoms with Gasteiger partial charge in [-0.15, -0.1) is 0 Å². The van der Waals surface area contributed by atoms with Crippen molar-refractivity contribution < 1.29 is 23.8 Å². The average Bonchev–Trinajstić information content (AvgIpc) is 3.39. The molecule has 1 N–H and O–H groups in total. The molecule has 4 rings (SSSR count). The fourth-order valence-electron chi connectivity index (χ4n) is 3.82. The molecule has 0 unspecified atom stereocenters. The normalized spacial score (nSPS) is 10.6. The van der Waals surface area contributed by atoms with Crippen molar-refractivity contribution in [1.29, 1.82) is 0 Å². The molecule has 0 spiro atoms. The molecule has 1 aromatic heterocycles. The Balaban J connectivity index is 1.50. The number of nitrogens with one attached hydrogen (secondary N) is 1. The highest BCUT2D eigenvalue weighted by Crippen LogP contribution is 2.26. The zero-order valence-electron chi connectivity index (χ0n) is 21.1. The lowest BCUT2D eigenvalue weighted by Gasteiger charge is -2.10. The number of benzene rings is 3. The molecular formula is C29H29N3O5. The van der Waals surface area contributed by atoms with Crippen LogP contribution in [0.1, 0.15) is 33.3 Å². The highest BCUT2D eigenvalue weighted by molar-refractivity contribution is 5.94. The Hall–Kier alpha value is -4.59. The van der Waals surface area contributed by atoms with E-state index in [-0.39, 0.29) is 18.2 Å². The number of esters is 1. The van der Waals surface area contributed by atoms with Crippen LogP contribution < -0.4 is 14.8 Å². The molecule has 190 valence electrons. The maximum absolute atomic E-state index is 12.7. The average molecular weight is 500 g/mol. The summed E-state index contributed by atoms with van der Waals surface area (Å²) in [7, 11) is 3.24. The van der Waals surface area contributed by atoms with E-state index in [2.05, 4.69) is 10.4 Å². The van der Waals surface area contributed by atoms with E-state index in [1.54, 1.807) is 56.2 Å². The van der Waals surface area contributed by atoms with Gasteiger partial charge < -0.3 is 19.5 Å². The van der Waals surface area contributed by atoms with Crippen LogP contribution in [0, 0.1) is 0 Å². The van der Waals surface area contributed by atoms with Gasteiger partial charge in [-0.05, 0) is 85.6 Å². The first-order chi connectivity index (χ1) is 18.0. The van der Waals surface area contributed by atoms with E-state index >= 15 is 0 Å². The predicted molar refractivity (Wildman–Crippen MR) is 141 cm³/mol. The summed E-state index contributed by atoms with van der Waals surface area (Å²) < 4.78 is 17.2. The lowest BCUT2D eigenvalue weighted by Crippen LogP contribution is -2.25. The smallest absolute Gasteiger partial charge is 0.358 e. The minimum Gasteiger partial charge on any atom is -0.497 e. The van der Waals surface area contributed by atoms with Gasteiger partial charge >= 0.3 is 5.97 Å². The van der Waals surface area contributed by atoms with Gasteiger partial charge in [0.2, 0.25) is 0 Å². The summed E-state index contributed by atoms with van der Waals surface area (Å²) in [5, 5.41) is 7.44. The van der Waals surface area contributed by atoms with Gasteiger partial charge in [0.1, 0.15) is 11.5 Å². The topological polar surface area (TPSA) is 91.7 Å². The molecule has 0 aliphatic carbocycles. The van der Waals surface area contributed by atoms with E-state index in [1.807, 2.05) is 48.5 Å². The molecule has 0 bridgehead atoms. The lowest BCUT2D eigenvalue weighted by molar-refractivity contribution is 0.0518. The molecule has 0 fully saturated rings. The molecule has 0 atom stereocenters. The van der Waals surface area contributed by atoms with Crippen molar-refractivity contribution in [3.05, 3.63) is 95.7 Å². The van der Waals surface area contributed by atoms with E-state index < -0.39 is 5.97 Å². The van der Waals surface area contributed by atoms with Crippen LogP contribution in [0.2, 0.25) is 0 Å². The minimum atomic E-state index is -0.496. The molecule has 3 aromatic carbocycles. The maximum Gasteiger partial charge on any atom is 0.358 e. The Bertz CT molecular complexity index is 1340. The Morgan fingerprint density at radius 3 is 2.08 bits per heavy atom. The summed E-state index contributed by atoms with van der Waals surface area (Å²) in [6, 6.07) is 24.0. The quantitative estimate of drug-likeness (QED) is 0.318. The molecule has 37 heavy (non-hydrogen) atoms. The van der Waals surface area contributed by atoms with Gasteiger partial charge in [0.15, 0.2) is 5.69 Å². The van der Waals surface area contributed by atoms with E-state index in [0.717, 1.165) is 22.6 Å². The first-order valence-electron chi connectivity index (χ1n) is 12.0. The van der Waals surface area contributed by atoms with E-state index in [0.29, 0.717) is 29.9 Å². The SMILES string of the molecule is CCOC(=O)c1cc(-c2ccc(OC)cc2)n(-c2ccc(C(=O)NCCc3ccc(OC)cc3)cc2)n1. The number of aromatic nitrogens is 2. The van der Waals surface area contributed by atoms with Crippen molar-refractivity contribution in [2.45, 2.75) is 13.3 Å². The van der Waals surface area contributed by atoms with Crippen molar-refractivity contribution in [1.82, 2.24) is 15.1 Å². The zero-order chi connectivity index (χ0) is 26.2. The van der Waals surface area contributed by atoms with Gasteiger partial charge in [0.05, 0.1) is 32.2 Å². The first-order valence-corrected chi connectivity index (χ1v) is 12.0.